The number of Topliss-reactive ketones (excluding diaryl/α,β-unsaturated/α-hetero) is 1. The third-order valence-corrected chi connectivity index (χ3v) is 12.2. The Morgan fingerprint density at radius 1 is 1.11 bits per heavy atom. The summed E-state index contributed by atoms with van der Waals surface area (Å²) in [5, 5.41) is 47.2. The highest BCUT2D eigenvalue weighted by molar-refractivity contribution is 6.05. The number of carbonyl (C=O) groups is 3. The molecule has 4 N–H and O–H groups in total. The minimum atomic E-state index is -2.50. The summed E-state index contributed by atoms with van der Waals surface area (Å²) < 4.78 is 18.5. The Bertz CT molecular complexity index is 1390. The first kappa shape index (κ1) is 35.7. The molecule has 5 rings (SSSR count). The van der Waals surface area contributed by atoms with Gasteiger partial charge in [0.2, 0.25) is 0 Å². The fourth-order valence-electron chi connectivity index (χ4n) is 9.21. The quantitative estimate of drug-likeness (QED) is 0.0804. The molecule has 1 heterocycles. The van der Waals surface area contributed by atoms with E-state index in [1.807, 2.05) is 32.9 Å². The number of rotatable bonds is 12. The molecular formula is C37H52O10. The van der Waals surface area contributed by atoms with E-state index in [0.29, 0.717) is 6.42 Å². The number of epoxide rings is 1. The average Bonchev–Trinajstić information content (AvgIpc) is 3.86. The molecule has 5 aliphatic rings. The van der Waals surface area contributed by atoms with Crippen molar-refractivity contribution in [2.75, 3.05) is 6.61 Å². The molecule has 0 aromatic rings. The van der Waals surface area contributed by atoms with E-state index in [1.165, 1.54) is 25.5 Å². The van der Waals surface area contributed by atoms with Crippen LogP contribution >= 0.6 is 0 Å². The predicted octanol–water partition coefficient (Wildman–Crippen LogP) is 3.51. The second kappa shape index (κ2) is 12.4. The van der Waals surface area contributed by atoms with Crippen molar-refractivity contribution in [3.8, 4) is 0 Å². The summed E-state index contributed by atoms with van der Waals surface area (Å²) in [6, 6.07) is 0. The molecule has 0 aromatic heterocycles. The zero-order chi connectivity index (χ0) is 34.7. The van der Waals surface area contributed by atoms with Crippen molar-refractivity contribution in [1.29, 1.82) is 0 Å². The standard InChI is InChI=1S/C37H52O10/c1-8-10-11-12-13-14-15-16-17-18-25(39)45-29-23(5)35(43)24-19-22(4)28(40)36(24,44)32(42)34(20-38)30(46-34)26(35)27-33(6,7)37(27,29)47-31(41)21(3)9-2/h13-19,21,23-24,26-27,29-30,32,38,42-44H,8-12,20H2,1-7H3/b14-13+,16-15+,18-17+/t21-,23+,24+,26-,27-,29+,30-,32-,34-,35+,36+,37-/m1/s1. The van der Waals surface area contributed by atoms with Gasteiger partial charge in [0.15, 0.2) is 17.0 Å². The second-order valence-electron chi connectivity index (χ2n) is 15.0. The van der Waals surface area contributed by atoms with Crippen molar-refractivity contribution in [2.24, 2.45) is 35.0 Å². The normalized spacial score (nSPS) is 43.5. The van der Waals surface area contributed by atoms with Crippen LogP contribution in [0.15, 0.2) is 48.1 Å². The number of aliphatic hydroxyl groups is 4. The van der Waals surface area contributed by atoms with Gasteiger partial charge in [0.25, 0.3) is 0 Å². The molecule has 10 nitrogen and oxygen atoms in total. The van der Waals surface area contributed by atoms with Gasteiger partial charge in [0.05, 0.1) is 24.2 Å². The average molecular weight is 657 g/mol. The van der Waals surface area contributed by atoms with Crippen LogP contribution in [-0.4, -0.2) is 85.5 Å². The van der Waals surface area contributed by atoms with E-state index in [4.69, 9.17) is 14.2 Å². The van der Waals surface area contributed by atoms with Gasteiger partial charge >= 0.3 is 11.9 Å². The molecule has 0 radical (unpaired) electrons. The molecule has 0 unspecified atom stereocenters. The summed E-state index contributed by atoms with van der Waals surface area (Å²) in [6.45, 7) is 11.9. The van der Waals surface area contributed by atoms with Crippen LogP contribution in [0.2, 0.25) is 0 Å². The molecule has 4 fully saturated rings. The first-order chi connectivity index (χ1) is 22.1. The van der Waals surface area contributed by atoms with Crippen LogP contribution in [0.1, 0.15) is 80.6 Å². The fourth-order valence-corrected chi connectivity index (χ4v) is 9.21. The van der Waals surface area contributed by atoms with Crippen molar-refractivity contribution < 1.29 is 49.0 Å². The fraction of sp³-hybridized carbons (Fsp3) is 0.703. The molecule has 0 aromatic carbocycles. The van der Waals surface area contributed by atoms with Gasteiger partial charge in [0.1, 0.15) is 17.8 Å². The topological polar surface area (TPSA) is 163 Å². The molecule has 0 spiro atoms. The number of esters is 2. The van der Waals surface area contributed by atoms with Crippen LogP contribution in [-0.2, 0) is 28.6 Å². The van der Waals surface area contributed by atoms with Crippen LogP contribution in [0.25, 0.3) is 0 Å². The van der Waals surface area contributed by atoms with Gasteiger partial charge in [-0.2, -0.15) is 0 Å². The third kappa shape index (κ3) is 4.96. The molecule has 0 amide bonds. The number of hydrogen-bond acceptors (Lipinski definition) is 10. The maximum absolute atomic E-state index is 13.5. The van der Waals surface area contributed by atoms with E-state index in [9.17, 15) is 34.8 Å². The molecule has 3 saturated carbocycles. The van der Waals surface area contributed by atoms with Crippen LogP contribution < -0.4 is 0 Å². The lowest BCUT2D eigenvalue weighted by molar-refractivity contribution is -0.244. The number of fused-ring (bicyclic) bond motifs is 7. The predicted molar refractivity (Wildman–Crippen MR) is 172 cm³/mol. The number of carbonyl (C=O) groups excluding carboxylic acids is 3. The van der Waals surface area contributed by atoms with E-state index < -0.39 is 100 Å². The van der Waals surface area contributed by atoms with Crippen LogP contribution in [0, 0.1) is 35.0 Å². The van der Waals surface area contributed by atoms with Gasteiger partial charge in [-0.05, 0) is 31.8 Å². The van der Waals surface area contributed by atoms with Crippen LogP contribution in [0.3, 0.4) is 0 Å². The SMILES string of the molecule is CCCCC/C=C/C=C/C=C/C(=O)O[C@H]1[C@H](C)[C@@]2(O)[C@@H]([C@H]3O[C@@]3(CO)[C@@H](O)[C@@]3(O)C(=O)C(C)=C[C@H]32)[C@@H]2C(C)(C)[C@@]21OC(=O)[C@H](C)CC. The molecule has 47 heavy (non-hydrogen) atoms. The van der Waals surface area contributed by atoms with Gasteiger partial charge in [-0.3, -0.25) is 9.59 Å². The van der Waals surface area contributed by atoms with Crippen molar-refractivity contribution in [3.63, 3.8) is 0 Å². The highest BCUT2D eigenvalue weighted by atomic mass is 16.6. The Balaban J connectivity index is 1.55. The van der Waals surface area contributed by atoms with Crippen LogP contribution in [0.4, 0.5) is 0 Å². The monoisotopic (exact) mass is 656 g/mol. The molecule has 1 aliphatic heterocycles. The lowest BCUT2D eigenvalue weighted by atomic mass is 9.58. The summed E-state index contributed by atoms with van der Waals surface area (Å²) in [5.74, 6) is -6.35. The highest BCUT2D eigenvalue weighted by Gasteiger charge is 2.93. The van der Waals surface area contributed by atoms with Gasteiger partial charge in [-0.25, -0.2) is 4.79 Å². The molecule has 12 atom stereocenters. The number of hydrogen-bond donors (Lipinski definition) is 4. The van der Waals surface area contributed by atoms with Gasteiger partial charge in [0, 0.05) is 35.2 Å². The maximum Gasteiger partial charge on any atom is 0.331 e. The highest BCUT2D eigenvalue weighted by Crippen LogP contribution is 2.80. The van der Waals surface area contributed by atoms with E-state index >= 15 is 0 Å². The zero-order valence-electron chi connectivity index (χ0n) is 28.6. The van der Waals surface area contributed by atoms with Crippen molar-refractivity contribution in [3.05, 3.63) is 48.1 Å². The number of ether oxygens (including phenoxy) is 3. The maximum atomic E-state index is 13.5. The summed E-state index contributed by atoms with van der Waals surface area (Å²) in [4.78, 5) is 40.4. The van der Waals surface area contributed by atoms with Crippen LogP contribution in [0.5, 0.6) is 0 Å². The Labute approximate surface area is 277 Å². The van der Waals surface area contributed by atoms with E-state index in [-0.39, 0.29) is 5.57 Å². The van der Waals surface area contributed by atoms with Crippen molar-refractivity contribution in [1.82, 2.24) is 0 Å². The largest absolute Gasteiger partial charge is 0.455 e. The third-order valence-electron chi connectivity index (χ3n) is 12.2. The molecule has 1 saturated heterocycles. The van der Waals surface area contributed by atoms with Gasteiger partial charge in [-0.15, -0.1) is 0 Å². The molecule has 4 aliphatic carbocycles. The molecule has 10 heteroatoms. The number of aliphatic hydroxyl groups excluding tert-OH is 2. The Morgan fingerprint density at radius 2 is 1.79 bits per heavy atom. The Kier molecular flexibility index (Phi) is 9.38. The zero-order valence-corrected chi connectivity index (χ0v) is 28.6. The minimum absolute atomic E-state index is 0.154. The minimum Gasteiger partial charge on any atom is -0.455 e. The van der Waals surface area contributed by atoms with E-state index in [0.717, 1.165) is 19.3 Å². The van der Waals surface area contributed by atoms with Gasteiger partial charge in [-0.1, -0.05) is 90.8 Å². The summed E-state index contributed by atoms with van der Waals surface area (Å²) in [7, 11) is 0. The number of allylic oxidation sites excluding steroid dienone is 5. The van der Waals surface area contributed by atoms with Gasteiger partial charge < -0.3 is 34.6 Å². The lowest BCUT2D eigenvalue weighted by Gasteiger charge is -2.53. The smallest absolute Gasteiger partial charge is 0.331 e. The van der Waals surface area contributed by atoms with Crippen molar-refractivity contribution >= 4 is 17.7 Å². The second-order valence-corrected chi connectivity index (χ2v) is 15.0. The molecule has 260 valence electrons. The number of ketones is 1. The lowest BCUT2D eigenvalue weighted by Crippen LogP contribution is -2.69. The molecule has 0 bridgehead atoms. The summed E-state index contributed by atoms with van der Waals surface area (Å²) in [5.41, 5.74) is -8.33. The molecular weight excluding hydrogens is 604 g/mol. The van der Waals surface area contributed by atoms with E-state index in [1.54, 1.807) is 26.0 Å². The summed E-state index contributed by atoms with van der Waals surface area (Å²) in [6.07, 6.45) is 12.7. The first-order valence-electron chi connectivity index (χ1n) is 17.2. The first-order valence-corrected chi connectivity index (χ1v) is 17.2. The summed E-state index contributed by atoms with van der Waals surface area (Å²) >= 11 is 0. The van der Waals surface area contributed by atoms with Crippen molar-refractivity contribution in [2.45, 2.75) is 121 Å². The number of unbranched alkanes of at least 4 members (excludes halogenated alkanes) is 3. The van der Waals surface area contributed by atoms with E-state index in [2.05, 4.69) is 13.0 Å². The Morgan fingerprint density at radius 3 is 2.43 bits per heavy atom. The Hall–Kier alpha value is -2.63.